The van der Waals surface area contributed by atoms with Gasteiger partial charge in [0.1, 0.15) is 0 Å². The molecule has 0 spiro atoms. The first-order valence-electron chi connectivity index (χ1n) is 9.38. The van der Waals surface area contributed by atoms with Crippen molar-refractivity contribution in [3.63, 3.8) is 0 Å². The Labute approximate surface area is 191 Å². The summed E-state index contributed by atoms with van der Waals surface area (Å²) in [5.41, 5.74) is 0.309. The average molecular weight is 521 g/mol. The number of benzene rings is 3. The minimum atomic E-state index is -4.70. The van der Waals surface area contributed by atoms with Crippen LogP contribution in [0.15, 0.2) is 88.2 Å². The number of hydrogen-bond acceptors (Lipinski definition) is 3. The average Bonchev–Trinajstić information content (AvgIpc) is 3.15. The number of alkyl halides is 3. The molecule has 4 nitrogen and oxygen atoms in total. The van der Waals surface area contributed by atoms with Crippen LogP contribution < -0.4 is 0 Å². The number of nitrogens with zero attached hydrogens (tertiary/aromatic N) is 2. The Kier molecular flexibility index (Phi) is 5.72. The van der Waals surface area contributed by atoms with Crippen molar-refractivity contribution in [1.29, 1.82) is 0 Å². The van der Waals surface area contributed by atoms with E-state index in [1.807, 2.05) is 0 Å². The fourth-order valence-corrected chi connectivity index (χ4v) is 4.29. The molecule has 0 atom stereocenters. The molecule has 0 aliphatic heterocycles. The maximum absolute atomic E-state index is 14.1. The predicted octanol–water partition coefficient (Wildman–Crippen LogP) is 6.39. The molecule has 4 rings (SSSR count). The van der Waals surface area contributed by atoms with Crippen LogP contribution in [-0.2, 0) is 16.0 Å². The van der Waals surface area contributed by atoms with Crippen LogP contribution >= 0.6 is 15.9 Å². The maximum atomic E-state index is 14.1. The molecule has 9 heteroatoms. The normalized spacial score (nSPS) is 12.2. The van der Waals surface area contributed by atoms with E-state index in [4.69, 9.17) is 0 Å². The monoisotopic (exact) mass is 520 g/mol. The first kappa shape index (κ1) is 22.3. The highest BCUT2D eigenvalue weighted by Gasteiger charge is 2.40. The first-order valence-corrected chi connectivity index (χ1v) is 12.1. The summed E-state index contributed by atoms with van der Waals surface area (Å²) in [5.74, 6) is 0. The van der Waals surface area contributed by atoms with E-state index in [1.165, 1.54) is 28.9 Å². The molecule has 1 heterocycles. The van der Waals surface area contributed by atoms with E-state index in [2.05, 4.69) is 21.0 Å². The summed E-state index contributed by atoms with van der Waals surface area (Å²) in [5, 5.41) is 3.96. The number of halogens is 4. The lowest BCUT2D eigenvalue weighted by atomic mass is 9.98. The van der Waals surface area contributed by atoms with Crippen LogP contribution in [0.4, 0.5) is 13.2 Å². The van der Waals surface area contributed by atoms with E-state index in [1.54, 1.807) is 54.6 Å². The maximum Gasteiger partial charge on any atom is 0.435 e. The van der Waals surface area contributed by atoms with E-state index in [9.17, 15) is 21.6 Å². The quantitative estimate of drug-likeness (QED) is 0.313. The van der Waals surface area contributed by atoms with Crippen LogP contribution in [0.1, 0.15) is 5.69 Å². The number of aromatic nitrogens is 2. The van der Waals surface area contributed by atoms with E-state index < -0.39 is 21.7 Å². The summed E-state index contributed by atoms with van der Waals surface area (Å²) in [6, 6.07) is 20.7. The topological polar surface area (TPSA) is 52.0 Å². The summed E-state index contributed by atoms with van der Waals surface area (Å²) < 4.78 is 68.0. The van der Waals surface area contributed by atoms with Crippen molar-refractivity contribution in [2.75, 3.05) is 6.26 Å². The lowest BCUT2D eigenvalue weighted by Crippen LogP contribution is -2.08. The van der Waals surface area contributed by atoms with Gasteiger partial charge in [-0.15, -0.1) is 0 Å². The van der Waals surface area contributed by atoms with Gasteiger partial charge >= 0.3 is 6.18 Å². The second-order valence-electron chi connectivity index (χ2n) is 7.12. The molecule has 0 radical (unpaired) electrons. The first-order chi connectivity index (χ1) is 15.1. The SMILES string of the molecule is CS(=O)(=O)c1ccc(-c2c(-c3ccccc3)c(C(F)(F)F)nn2-c2ccc(Br)cc2)cc1. The van der Waals surface area contributed by atoms with Gasteiger partial charge in [-0.05, 0) is 42.0 Å². The Bertz CT molecular complexity index is 1360. The lowest BCUT2D eigenvalue weighted by molar-refractivity contribution is -0.140. The van der Waals surface area contributed by atoms with Gasteiger partial charge in [-0.25, -0.2) is 13.1 Å². The molecule has 4 aromatic rings. The van der Waals surface area contributed by atoms with Gasteiger partial charge in [-0.1, -0.05) is 58.4 Å². The van der Waals surface area contributed by atoms with Crippen molar-refractivity contribution in [3.05, 3.63) is 89.0 Å². The molecular weight excluding hydrogens is 505 g/mol. The summed E-state index contributed by atoms with van der Waals surface area (Å²) in [4.78, 5) is 0.0771. The van der Waals surface area contributed by atoms with Crippen LogP contribution in [-0.4, -0.2) is 24.5 Å². The van der Waals surface area contributed by atoms with Gasteiger partial charge < -0.3 is 0 Å². The molecule has 1 aromatic heterocycles. The largest absolute Gasteiger partial charge is 0.435 e. The zero-order chi connectivity index (χ0) is 23.1. The molecule has 0 unspecified atom stereocenters. The zero-order valence-corrected chi connectivity index (χ0v) is 19.0. The third-order valence-corrected chi connectivity index (χ3v) is 6.50. The Morgan fingerprint density at radius 3 is 1.97 bits per heavy atom. The van der Waals surface area contributed by atoms with Gasteiger partial charge in [0.25, 0.3) is 0 Å². The molecule has 0 aliphatic rings. The molecule has 0 saturated heterocycles. The summed E-state index contributed by atoms with van der Waals surface area (Å²) in [6.45, 7) is 0. The lowest BCUT2D eigenvalue weighted by Gasteiger charge is -2.12. The van der Waals surface area contributed by atoms with Crippen LogP contribution in [0.3, 0.4) is 0 Å². The molecule has 164 valence electrons. The molecule has 0 bridgehead atoms. The van der Waals surface area contributed by atoms with E-state index >= 15 is 0 Å². The van der Waals surface area contributed by atoms with Crippen molar-refractivity contribution in [2.45, 2.75) is 11.1 Å². The van der Waals surface area contributed by atoms with Crippen LogP contribution in [0.5, 0.6) is 0 Å². The molecule has 0 N–H and O–H groups in total. The van der Waals surface area contributed by atoms with E-state index in [0.29, 0.717) is 16.8 Å². The molecule has 0 aliphatic carbocycles. The van der Waals surface area contributed by atoms with Crippen molar-refractivity contribution < 1.29 is 21.6 Å². The van der Waals surface area contributed by atoms with Crippen molar-refractivity contribution in [1.82, 2.24) is 9.78 Å². The van der Waals surface area contributed by atoms with Gasteiger partial charge in [0.2, 0.25) is 0 Å². The van der Waals surface area contributed by atoms with Gasteiger partial charge in [0.05, 0.1) is 16.3 Å². The molecule has 3 aromatic carbocycles. The zero-order valence-electron chi connectivity index (χ0n) is 16.6. The Morgan fingerprint density at radius 2 is 1.44 bits per heavy atom. The van der Waals surface area contributed by atoms with Crippen molar-refractivity contribution in [3.8, 4) is 28.1 Å². The number of rotatable bonds is 4. The van der Waals surface area contributed by atoms with Crippen molar-refractivity contribution >= 4 is 25.8 Å². The van der Waals surface area contributed by atoms with Crippen LogP contribution in [0.25, 0.3) is 28.1 Å². The third-order valence-electron chi connectivity index (χ3n) is 4.84. The standard InChI is InChI=1S/C23H16BrF3N2O2S/c1-32(30,31)19-13-7-16(8-14-19)21-20(15-5-3-2-4-6-15)22(23(25,26)27)28-29(21)18-11-9-17(24)10-12-18/h2-14H,1H3. The van der Waals surface area contributed by atoms with E-state index in [-0.39, 0.29) is 16.2 Å². The highest BCUT2D eigenvalue weighted by atomic mass is 79.9. The molecular formula is C23H16BrF3N2O2S. The van der Waals surface area contributed by atoms with Gasteiger partial charge in [0, 0.05) is 21.9 Å². The molecule has 0 saturated carbocycles. The van der Waals surface area contributed by atoms with Crippen molar-refractivity contribution in [2.24, 2.45) is 0 Å². The summed E-state index contributed by atoms with van der Waals surface area (Å²) >= 11 is 3.33. The van der Waals surface area contributed by atoms with E-state index in [0.717, 1.165) is 10.7 Å². The van der Waals surface area contributed by atoms with Crippen LogP contribution in [0, 0.1) is 0 Å². The van der Waals surface area contributed by atoms with Gasteiger partial charge in [0.15, 0.2) is 15.5 Å². The third kappa shape index (κ3) is 4.35. The number of hydrogen-bond donors (Lipinski definition) is 0. The Morgan fingerprint density at radius 1 is 0.844 bits per heavy atom. The molecule has 32 heavy (non-hydrogen) atoms. The minimum absolute atomic E-state index is 0.0758. The predicted molar refractivity (Wildman–Crippen MR) is 120 cm³/mol. The highest BCUT2D eigenvalue weighted by Crippen LogP contribution is 2.43. The Hall–Kier alpha value is -2.91. The summed E-state index contributed by atoms with van der Waals surface area (Å²) in [6.07, 6.45) is -3.63. The fraction of sp³-hybridized carbons (Fsp3) is 0.0870. The van der Waals surface area contributed by atoms with Gasteiger partial charge in [-0.2, -0.15) is 18.3 Å². The minimum Gasteiger partial charge on any atom is -0.232 e. The number of sulfone groups is 1. The second kappa shape index (κ2) is 8.22. The fourth-order valence-electron chi connectivity index (χ4n) is 3.39. The molecule has 0 fully saturated rings. The Balaban J connectivity index is 2.07. The van der Waals surface area contributed by atoms with Gasteiger partial charge in [-0.3, -0.25) is 0 Å². The van der Waals surface area contributed by atoms with Crippen LogP contribution in [0.2, 0.25) is 0 Å². The molecule has 0 amide bonds. The highest BCUT2D eigenvalue weighted by molar-refractivity contribution is 9.10. The smallest absolute Gasteiger partial charge is 0.232 e. The second-order valence-corrected chi connectivity index (χ2v) is 10.1. The summed E-state index contributed by atoms with van der Waals surface area (Å²) in [7, 11) is -3.46.